The molecule has 0 saturated carbocycles. The first kappa shape index (κ1) is 22.2. The van der Waals surface area contributed by atoms with Gasteiger partial charge in [0.25, 0.3) is 5.56 Å². The number of nitrogen functional groups attached to an aromatic ring is 1. The summed E-state index contributed by atoms with van der Waals surface area (Å²) in [6, 6.07) is 12.7. The highest BCUT2D eigenvalue weighted by molar-refractivity contribution is 5.81. The summed E-state index contributed by atoms with van der Waals surface area (Å²) in [4.78, 5) is 14.4. The fourth-order valence-electron chi connectivity index (χ4n) is 3.07. The number of aromatic nitrogens is 1. The van der Waals surface area contributed by atoms with E-state index in [0.717, 1.165) is 12.1 Å². The summed E-state index contributed by atoms with van der Waals surface area (Å²) in [5.41, 5.74) is 4.45. The number of aromatic amines is 1. The molecular formula is C22H15F3N4O3. The highest BCUT2D eigenvalue weighted by Gasteiger charge is 2.30. The highest BCUT2D eigenvalue weighted by Crippen LogP contribution is 2.36. The number of benzene rings is 2. The quantitative estimate of drug-likeness (QED) is 0.618. The maximum absolute atomic E-state index is 12.9. The van der Waals surface area contributed by atoms with Crippen molar-refractivity contribution in [3.63, 3.8) is 0 Å². The van der Waals surface area contributed by atoms with Crippen LogP contribution >= 0.6 is 0 Å². The van der Waals surface area contributed by atoms with Gasteiger partial charge in [0.2, 0.25) is 0 Å². The zero-order chi connectivity index (χ0) is 23.5. The maximum atomic E-state index is 12.9. The number of halogens is 3. The monoisotopic (exact) mass is 440 g/mol. The van der Waals surface area contributed by atoms with E-state index in [2.05, 4.69) is 4.98 Å². The van der Waals surface area contributed by atoms with Crippen LogP contribution in [0.15, 0.2) is 47.3 Å². The van der Waals surface area contributed by atoms with E-state index in [1.165, 1.54) is 37.4 Å². The molecule has 3 aromatic rings. The summed E-state index contributed by atoms with van der Waals surface area (Å²) in [5, 5.41) is 18.8. The number of hydrogen-bond acceptors (Lipinski definition) is 6. The summed E-state index contributed by atoms with van der Waals surface area (Å²) < 4.78 is 49.6. The van der Waals surface area contributed by atoms with Gasteiger partial charge < -0.3 is 20.2 Å². The molecule has 0 bridgehead atoms. The van der Waals surface area contributed by atoms with Crippen LogP contribution in [0.1, 0.15) is 22.3 Å². The van der Waals surface area contributed by atoms with Gasteiger partial charge in [0, 0.05) is 5.56 Å². The fraction of sp³-hybridized carbons (Fsp3) is 0.136. The molecule has 0 radical (unpaired) electrons. The van der Waals surface area contributed by atoms with Gasteiger partial charge in [-0.15, -0.1) is 0 Å². The summed E-state index contributed by atoms with van der Waals surface area (Å²) in [6.07, 6.45) is -4.47. The first-order valence-corrected chi connectivity index (χ1v) is 9.03. The lowest BCUT2D eigenvalue weighted by atomic mass is 9.96. The van der Waals surface area contributed by atoms with Crippen molar-refractivity contribution in [2.75, 3.05) is 12.8 Å². The van der Waals surface area contributed by atoms with Gasteiger partial charge in [-0.3, -0.25) is 4.79 Å². The Morgan fingerprint density at radius 2 is 1.78 bits per heavy atom. The van der Waals surface area contributed by atoms with E-state index >= 15 is 0 Å². The van der Waals surface area contributed by atoms with Crippen molar-refractivity contribution in [2.45, 2.75) is 12.8 Å². The predicted octanol–water partition coefficient (Wildman–Crippen LogP) is 3.97. The standard InChI is InChI=1S/C22H15F3N4O3/c1-31-18-8-13(19-15(9-26)20(28)29-21(30)16(19)10-27)5-6-17(18)32-11-12-3-2-4-14(7-12)22(23,24)25/h2-8H,11H2,1H3,(H3,28,29,30). The minimum Gasteiger partial charge on any atom is -0.493 e. The van der Waals surface area contributed by atoms with Crippen molar-refractivity contribution in [3.8, 4) is 34.8 Å². The number of H-pyrrole nitrogens is 1. The minimum atomic E-state index is -4.47. The van der Waals surface area contributed by atoms with Crippen molar-refractivity contribution in [3.05, 3.63) is 75.1 Å². The van der Waals surface area contributed by atoms with E-state index in [1.807, 2.05) is 6.07 Å². The second-order valence-electron chi connectivity index (χ2n) is 6.57. The summed E-state index contributed by atoms with van der Waals surface area (Å²) in [7, 11) is 1.35. The van der Waals surface area contributed by atoms with Crippen molar-refractivity contribution < 1.29 is 22.6 Å². The Labute approximate surface area is 180 Å². The predicted molar refractivity (Wildman–Crippen MR) is 109 cm³/mol. The van der Waals surface area contributed by atoms with Crippen molar-refractivity contribution in [1.29, 1.82) is 10.5 Å². The number of anilines is 1. The van der Waals surface area contributed by atoms with Gasteiger partial charge in [-0.05, 0) is 35.4 Å². The summed E-state index contributed by atoms with van der Waals surface area (Å²) >= 11 is 0. The molecule has 3 rings (SSSR count). The molecule has 0 spiro atoms. The van der Waals surface area contributed by atoms with E-state index in [-0.39, 0.29) is 40.6 Å². The van der Waals surface area contributed by atoms with Gasteiger partial charge in [0.15, 0.2) is 11.5 Å². The molecule has 10 heteroatoms. The number of methoxy groups -OCH3 is 1. The average molecular weight is 440 g/mol. The zero-order valence-electron chi connectivity index (χ0n) is 16.6. The zero-order valence-corrected chi connectivity index (χ0v) is 16.6. The van der Waals surface area contributed by atoms with Crippen molar-refractivity contribution >= 4 is 5.82 Å². The van der Waals surface area contributed by atoms with Gasteiger partial charge in [0.05, 0.1) is 12.7 Å². The number of nitrogens with two attached hydrogens (primary N) is 1. The lowest BCUT2D eigenvalue weighted by Crippen LogP contribution is -2.16. The van der Waals surface area contributed by atoms with Crippen LogP contribution in [0.4, 0.5) is 19.0 Å². The lowest BCUT2D eigenvalue weighted by Gasteiger charge is -2.14. The molecule has 3 N–H and O–H groups in total. The first-order chi connectivity index (χ1) is 15.2. The minimum absolute atomic E-state index is 0.0407. The van der Waals surface area contributed by atoms with E-state index < -0.39 is 17.3 Å². The first-order valence-electron chi connectivity index (χ1n) is 9.03. The molecule has 0 aliphatic carbocycles. The third-order valence-electron chi connectivity index (χ3n) is 4.57. The number of nitriles is 2. The molecule has 0 amide bonds. The molecule has 0 unspecified atom stereocenters. The van der Waals surface area contributed by atoms with Crippen LogP contribution in [0.25, 0.3) is 11.1 Å². The molecule has 0 atom stereocenters. The second-order valence-corrected chi connectivity index (χ2v) is 6.57. The van der Waals surface area contributed by atoms with E-state index in [4.69, 9.17) is 15.2 Å². The van der Waals surface area contributed by atoms with Crippen LogP contribution in [-0.2, 0) is 12.8 Å². The Morgan fingerprint density at radius 1 is 1.06 bits per heavy atom. The number of alkyl halides is 3. The number of pyridine rings is 1. The topological polar surface area (TPSA) is 125 Å². The van der Waals surface area contributed by atoms with Crippen molar-refractivity contribution in [1.82, 2.24) is 4.98 Å². The number of rotatable bonds is 5. The molecule has 32 heavy (non-hydrogen) atoms. The van der Waals surface area contributed by atoms with Gasteiger partial charge in [-0.25, -0.2) is 0 Å². The van der Waals surface area contributed by atoms with E-state index in [0.29, 0.717) is 11.1 Å². The van der Waals surface area contributed by atoms with E-state index in [1.54, 1.807) is 6.07 Å². The Balaban J connectivity index is 1.98. The van der Waals surface area contributed by atoms with Crippen LogP contribution in [0.5, 0.6) is 11.5 Å². The van der Waals surface area contributed by atoms with Crippen LogP contribution in [0.3, 0.4) is 0 Å². The van der Waals surface area contributed by atoms with Crippen LogP contribution in [0.2, 0.25) is 0 Å². The molecular weight excluding hydrogens is 425 g/mol. The average Bonchev–Trinajstić information content (AvgIpc) is 2.76. The third-order valence-corrected chi connectivity index (χ3v) is 4.57. The summed E-state index contributed by atoms with van der Waals surface area (Å²) in [5.74, 6) is 0.208. The molecule has 0 saturated heterocycles. The second kappa shape index (κ2) is 8.74. The maximum Gasteiger partial charge on any atom is 0.416 e. The Bertz CT molecular complexity index is 1320. The molecule has 2 aromatic carbocycles. The molecule has 7 nitrogen and oxygen atoms in total. The Hall–Kier alpha value is -4.44. The number of ether oxygens (including phenoxy) is 2. The van der Waals surface area contributed by atoms with Gasteiger partial charge in [0.1, 0.15) is 35.7 Å². The Kier molecular flexibility index (Phi) is 6.08. The van der Waals surface area contributed by atoms with Gasteiger partial charge in [-0.2, -0.15) is 23.7 Å². The molecule has 0 fully saturated rings. The summed E-state index contributed by atoms with van der Waals surface area (Å²) in [6.45, 7) is -0.162. The van der Waals surface area contributed by atoms with Crippen LogP contribution in [-0.4, -0.2) is 12.1 Å². The number of hydrogen-bond donors (Lipinski definition) is 2. The van der Waals surface area contributed by atoms with E-state index in [9.17, 15) is 28.5 Å². The SMILES string of the molecule is COc1cc(-c2c(C#N)c(N)[nH]c(=O)c2C#N)ccc1OCc1cccc(C(F)(F)F)c1. The molecule has 1 aromatic heterocycles. The molecule has 1 heterocycles. The van der Waals surface area contributed by atoms with Crippen LogP contribution < -0.4 is 20.8 Å². The van der Waals surface area contributed by atoms with Crippen molar-refractivity contribution in [2.24, 2.45) is 0 Å². The number of nitrogens with zero attached hydrogens (tertiary/aromatic N) is 2. The largest absolute Gasteiger partial charge is 0.493 e. The third kappa shape index (κ3) is 4.35. The Morgan fingerprint density at radius 3 is 2.41 bits per heavy atom. The normalized spacial score (nSPS) is 10.8. The van der Waals surface area contributed by atoms with Gasteiger partial charge >= 0.3 is 6.18 Å². The smallest absolute Gasteiger partial charge is 0.416 e. The molecule has 162 valence electrons. The lowest BCUT2D eigenvalue weighted by molar-refractivity contribution is -0.137. The fourth-order valence-corrected chi connectivity index (χ4v) is 3.07. The number of nitrogens with one attached hydrogen (secondary N) is 1. The highest BCUT2D eigenvalue weighted by atomic mass is 19.4. The molecule has 0 aliphatic rings. The van der Waals surface area contributed by atoms with Crippen LogP contribution in [0, 0.1) is 22.7 Å². The molecule has 0 aliphatic heterocycles. The van der Waals surface area contributed by atoms with Gasteiger partial charge in [-0.1, -0.05) is 18.2 Å².